The average Bonchev–Trinajstić information content (AvgIpc) is 2.83. The van der Waals surface area contributed by atoms with Gasteiger partial charge in [-0.2, -0.15) is 4.31 Å². The standard InChI is InChI=1S/C11H14BrNO2S/c12-9-10-4-3-5-11(8-10)16(14,15)13-6-1-2-7-13/h3-5,8H,1-2,6-7,9H2. The van der Waals surface area contributed by atoms with Gasteiger partial charge in [0.05, 0.1) is 4.90 Å². The number of sulfonamides is 1. The van der Waals surface area contributed by atoms with Crippen LogP contribution in [0, 0.1) is 0 Å². The third-order valence-corrected chi connectivity index (χ3v) is 5.30. The Labute approximate surface area is 105 Å². The van der Waals surface area contributed by atoms with Crippen molar-refractivity contribution in [3.63, 3.8) is 0 Å². The van der Waals surface area contributed by atoms with Gasteiger partial charge in [0.2, 0.25) is 10.0 Å². The summed E-state index contributed by atoms with van der Waals surface area (Å²) in [4.78, 5) is 0.409. The first-order valence-corrected chi connectivity index (χ1v) is 7.86. The Bertz CT molecular complexity index is 467. The van der Waals surface area contributed by atoms with Crippen LogP contribution in [0.15, 0.2) is 29.2 Å². The van der Waals surface area contributed by atoms with Gasteiger partial charge in [0.25, 0.3) is 0 Å². The molecule has 0 unspecified atom stereocenters. The van der Waals surface area contributed by atoms with Crippen LogP contribution in [0.4, 0.5) is 0 Å². The van der Waals surface area contributed by atoms with Crippen LogP contribution in [0.3, 0.4) is 0 Å². The molecule has 1 heterocycles. The Hall–Kier alpha value is -0.390. The molecule has 1 fully saturated rings. The van der Waals surface area contributed by atoms with Gasteiger partial charge in [-0.3, -0.25) is 0 Å². The molecule has 1 aliphatic heterocycles. The maximum atomic E-state index is 12.2. The van der Waals surface area contributed by atoms with E-state index in [0.29, 0.717) is 23.3 Å². The van der Waals surface area contributed by atoms with Gasteiger partial charge in [-0.1, -0.05) is 28.1 Å². The molecule has 0 spiro atoms. The van der Waals surface area contributed by atoms with Crippen LogP contribution in [-0.4, -0.2) is 25.8 Å². The van der Waals surface area contributed by atoms with E-state index in [2.05, 4.69) is 15.9 Å². The average molecular weight is 304 g/mol. The summed E-state index contributed by atoms with van der Waals surface area (Å²) < 4.78 is 26.0. The summed E-state index contributed by atoms with van der Waals surface area (Å²) in [6.45, 7) is 1.31. The van der Waals surface area contributed by atoms with E-state index in [4.69, 9.17) is 0 Å². The molecular weight excluding hydrogens is 290 g/mol. The van der Waals surface area contributed by atoms with Crippen LogP contribution in [0.1, 0.15) is 18.4 Å². The van der Waals surface area contributed by atoms with Crippen LogP contribution in [0.5, 0.6) is 0 Å². The molecule has 16 heavy (non-hydrogen) atoms. The van der Waals surface area contributed by atoms with Gasteiger partial charge in [-0.05, 0) is 30.5 Å². The van der Waals surface area contributed by atoms with E-state index in [1.165, 1.54) is 0 Å². The van der Waals surface area contributed by atoms with Crippen molar-refractivity contribution in [1.82, 2.24) is 4.31 Å². The van der Waals surface area contributed by atoms with Crippen molar-refractivity contribution in [1.29, 1.82) is 0 Å². The fraction of sp³-hybridized carbons (Fsp3) is 0.455. The van der Waals surface area contributed by atoms with Gasteiger partial charge in [-0.25, -0.2) is 8.42 Å². The number of rotatable bonds is 3. The van der Waals surface area contributed by atoms with E-state index < -0.39 is 10.0 Å². The summed E-state index contributed by atoms with van der Waals surface area (Å²) in [7, 11) is -3.26. The second-order valence-corrected chi connectivity index (χ2v) is 6.39. The minimum atomic E-state index is -3.26. The number of halogens is 1. The van der Waals surface area contributed by atoms with Crippen LogP contribution < -0.4 is 0 Å². The van der Waals surface area contributed by atoms with Gasteiger partial charge in [-0.15, -0.1) is 0 Å². The molecule has 1 aromatic carbocycles. The van der Waals surface area contributed by atoms with Gasteiger partial charge < -0.3 is 0 Å². The summed E-state index contributed by atoms with van der Waals surface area (Å²) >= 11 is 3.33. The van der Waals surface area contributed by atoms with E-state index in [0.717, 1.165) is 18.4 Å². The molecule has 0 bridgehead atoms. The fourth-order valence-corrected chi connectivity index (χ4v) is 3.80. The lowest BCUT2D eigenvalue weighted by atomic mass is 10.2. The minimum Gasteiger partial charge on any atom is -0.207 e. The van der Waals surface area contributed by atoms with Gasteiger partial charge in [0, 0.05) is 18.4 Å². The van der Waals surface area contributed by atoms with Crippen LogP contribution in [0.2, 0.25) is 0 Å². The summed E-state index contributed by atoms with van der Waals surface area (Å²) in [6, 6.07) is 7.11. The van der Waals surface area contributed by atoms with Crippen LogP contribution >= 0.6 is 15.9 Å². The zero-order valence-electron chi connectivity index (χ0n) is 8.89. The number of hydrogen-bond donors (Lipinski definition) is 0. The SMILES string of the molecule is O=S(=O)(c1cccc(CBr)c1)N1CCCC1. The molecule has 1 aliphatic rings. The Morgan fingerprint density at radius 2 is 1.94 bits per heavy atom. The first-order valence-electron chi connectivity index (χ1n) is 5.29. The Kier molecular flexibility index (Phi) is 3.66. The van der Waals surface area contributed by atoms with Crippen molar-refractivity contribution in [2.75, 3.05) is 13.1 Å². The lowest BCUT2D eigenvalue weighted by molar-refractivity contribution is 0.477. The summed E-state index contributed by atoms with van der Waals surface area (Å²) in [6.07, 6.45) is 1.94. The molecule has 0 amide bonds. The van der Waals surface area contributed by atoms with Gasteiger partial charge >= 0.3 is 0 Å². The van der Waals surface area contributed by atoms with Crippen LogP contribution in [0.25, 0.3) is 0 Å². The van der Waals surface area contributed by atoms with E-state index in [1.54, 1.807) is 22.5 Å². The van der Waals surface area contributed by atoms with Gasteiger partial charge in [0.1, 0.15) is 0 Å². The molecule has 0 saturated carbocycles. The largest absolute Gasteiger partial charge is 0.243 e. The third-order valence-electron chi connectivity index (χ3n) is 2.76. The summed E-state index contributed by atoms with van der Waals surface area (Å²) in [5, 5.41) is 0.677. The predicted octanol–water partition coefficient (Wildman–Crippen LogP) is 2.37. The number of hydrogen-bond acceptors (Lipinski definition) is 2. The van der Waals surface area contributed by atoms with E-state index in [1.807, 2.05) is 6.07 Å². The second kappa shape index (κ2) is 4.85. The normalized spacial score (nSPS) is 17.8. The predicted molar refractivity (Wildman–Crippen MR) is 67.1 cm³/mol. The van der Waals surface area contributed by atoms with Gasteiger partial charge in [0.15, 0.2) is 0 Å². The van der Waals surface area contributed by atoms with E-state index >= 15 is 0 Å². The molecular formula is C11H14BrNO2S. The highest BCUT2D eigenvalue weighted by atomic mass is 79.9. The van der Waals surface area contributed by atoms with Crippen LogP contribution in [-0.2, 0) is 15.4 Å². The van der Waals surface area contributed by atoms with Crippen molar-refractivity contribution in [2.24, 2.45) is 0 Å². The van der Waals surface area contributed by atoms with Crippen molar-refractivity contribution in [3.8, 4) is 0 Å². The zero-order valence-corrected chi connectivity index (χ0v) is 11.3. The fourth-order valence-electron chi connectivity index (χ4n) is 1.87. The quantitative estimate of drug-likeness (QED) is 0.804. The first kappa shape index (κ1) is 12.1. The van der Waals surface area contributed by atoms with E-state index in [-0.39, 0.29) is 0 Å². The molecule has 0 N–H and O–H groups in total. The smallest absolute Gasteiger partial charge is 0.207 e. The lowest BCUT2D eigenvalue weighted by Crippen LogP contribution is -2.27. The Morgan fingerprint density at radius 3 is 2.56 bits per heavy atom. The highest BCUT2D eigenvalue weighted by Gasteiger charge is 2.26. The van der Waals surface area contributed by atoms with Crippen molar-refractivity contribution in [3.05, 3.63) is 29.8 Å². The van der Waals surface area contributed by atoms with Crippen molar-refractivity contribution >= 4 is 26.0 Å². The number of alkyl halides is 1. The number of nitrogens with zero attached hydrogens (tertiary/aromatic N) is 1. The van der Waals surface area contributed by atoms with Crippen molar-refractivity contribution in [2.45, 2.75) is 23.1 Å². The first-order chi connectivity index (χ1) is 7.64. The molecule has 88 valence electrons. The summed E-state index contributed by atoms with van der Waals surface area (Å²) in [5.41, 5.74) is 0.986. The Morgan fingerprint density at radius 1 is 1.25 bits per heavy atom. The molecule has 0 aliphatic carbocycles. The maximum Gasteiger partial charge on any atom is 0.243 e. The monoisotopic (exact) mass is 303 g/mol. The van der Waals surface area contributed by atoms with Crippen molar-refractivity contribution < 1.29 is 8.42 Å². The summed E-state index contributed by atoms with van der Waals surface area (Å²) in [5.74, 6) is 0. The van der Waals surface area contributed by atoms with E-state index in [9.17, 15) is 8.42 Å². The molecule has 5 heteroatoms. The molecule has 1 aromatic rings. The molecule has 0 aromatic heterocycles. The zero-order chi connectivity index (χ0) is 11.6. The highest BCUT2D eigenvalue weighted by molar-refractivity contribution is 9.08. The highest BCUT2D eigenvalue weighted by Crippen LogP contribution is 2.22. The topological polar surface area (TPSA) is 37.4 Å². The molecule has 2 rings (SSSR count). The number of benzene rings is 1. The molecule has 0 atom stereocenters. The Balaban J connectivity index is 2.34. The minimum absolute atomic E-state index is 0.409. The second-order valence-electron chi connectivity index (χ2n) is 3.89. The molecule has 0 radical (unpaired) electrons. The third kappa shape index (κ3) is 2.31. The maximum absolute atomic E-state index is 12.2. The molecule has 1 saturated heterocycles. The lowest BCUT2D eigenvalue weighted by Gasteiger charge is -2.15. The molecule has 3 nitrogen and oxygen atoms in total.